The van der Waals surface area contributed by atoms with E-state index in [1.807, 2.05) is 13.8 Å². The fraction of sp³-hybridized carbons (Fsp3) is 0.733. The lowest BCUT2D eigenvalue weighted by molar-refractivity contribution is -0.385. The Kier molecular flexibility index (Phi) is 5.15. The van der Waals surface area contributed by atoms with Gasteiger partial charge in [-0.3, -0.25) is 10.1 Å². The van der Waals surface area contributed by atoms with Gasteiger partial charge >= 0.3 is 5.69 Å². The van der Waals surface area contributed by atoms with Crippen molar-refractivity contribution in [2.75, 3.05) is 12.4 Å². The van der Waals surface area contributed by atoms with Gasteiger partial charge in [-0.15, -0.1) is 0 Å². The van der Waals surface area contributed by atoms with E-state index >= 15 is 0 Å². The van der Waals surface area contributed by atoms with Gasteiger partial charge in [0.15, 0.2) is 0 Å². The summed E-state index contributed by atoms with van der Waals surface area (Å²) >= 11 is 0. The van der Waals surface area contributed by atoms with Crippen LogP contribution < -0.4 is 10.1 Å². The Labute approximate surface area is 130 Å². The molecule has 1 aromatic rings. The average Bonchev–Trinajstić information content (AvgIpc) is 2.48. The van der Waals surface area contributed by atoms with E-state index in [4.69, 9.17) is 4.74 Å². The highest BCUT2D eigenvalue weighted by molar-refractivity contribution is 5.62. The second-order valence-electron chi connectivity index (χ2n) is 6.21. The van der Waals surface area contributed by atoms with E-state index in [2.05, 4.69) is 22.2 Å². The van der Waals surface area contributed by atoms with E-state index in [0.717, 1.165) is 19.3 Å². The van der Waals surface area contributed by atoms with E-state index in [1.165, 1.54) is 13.5 Å². The molecule has 7 heteroatoms. The maximum atomic E-state index is 11.4. The topological polar surface area (TPSA) is 90.2 Å². The van der Waals surface area contributed by atoms with Crippen LogP contribution in [0.2, 0.25) is 0 Å². The Morgan fingerprint density at radius 1 is 1.32 bits per heavy atom. The number of rotatable bonds is 5. The molecular formula is C15H24N4O3. The third-order valence-electron chi connectivity index (χ3n) is 4.20. The Morgan fingerprint density at radius 2 is 2.00 bits per heavy atom. The van der Waals surface area contributed by atoms with E-state index < -0.39 is 4.92 Å². The monoisotopic (exact) mass is 308 g/mol. The normalized spacial score (nSPS) is 21.7. The molecule has 1 N–H and O–H groups in total. The molecule has 0 aliphatic heterocycles. The molecule has 1 heterocycles. The number of nitrogens with zero attached hydrogens (tertiary/aromatic N) is 3. The third-order valence-corrected chi connectivity index (χ3v) is 4.20. The molecule has 122 valence electrons. The number of hydrogen-bond donors (Lipinski definition) is 1. The van der Waals surface area contributed by atoms with Crippen LogP contribution in [0.3, 0.4) is 0 Å². The minimum absolute atomic E-state index is 0.0228. The van der Waals surface area contributed by atoms with E-state index in [0.29, 0.717) is 11.7 Å². The van der Waals surface area contributed by atoms with E-state index in [9.17, 15) is 10.1 Å². The molecule has 2 rings (SSSR count). The zero-order chi connectivity index (χ0) is 16.3. The zero-order valence-electron chi connectivity index (χ0n) is 13.6. The van der Waals surface area contributed by atoms with Gasteiger partial charge in [-0.25, -0.2) is 4.98 Å². The van der Waals surface area contributed by atoms with Crippen LogP contribution in [-0.4, -0.2) is 28.0 Å². The van der Waals surface area contributed by atoms with Crippen molar-refractivity contribution < 1.29 is 9.66 Å². The van der Waals surface area contributed by atoms with Crippen LogP contribution in [0.1, 0.15) is 58.2 Å². The molecule has 0 saturated heterocycles. The summed E-state index contributed by atoms with van der Waals surface area (Å²) in [5, 5.41) is 14.7. The number of nitro groups is 1. The minimum atomic E-state index is -0.473. The van der Waals surface area contributed by atoms with Gasteiger partial charge in [0, 0.05) is 12.0 Å². The van der Waals surface area contributed by atoms with Gasteiger partial charge in [-0.1, -0.05) is 33.6 Å². The summed E-state index contributed by atoms with van der Waals surface area (Å²) in [5.74, 6) is 1.39. The van der Waals surface area contributed by atoms with Gasteiger partial charge in [-0.2, -0.15) is 4.98 Å². The highest BCUT2D eigenvalue weighted by Crippen LogP contribution is 2.35. The van der Waals surface area contributed by atoms with Gasteiger partial charge in [-0.05, 0) is 18.8 Å². The fourth-order valence-electron chi connectivity index (χ4n) is 2.82. The molecule has 1 aromatic heterocycles. The van der Waals surface area contributed by atoms with Crippen molar-refractivity contribution >= 4 is 11.5 Å². The summed E-state index contributed by atoms with van der Waals surface area (Å²) in [6, 6.07) is 0.201. The number of aromatic nitrogens is 2. The van der Waals surface area contributed by atoms with Crippen LogP contribution in [0.5, 0.6) is 5.88 Å². The van der Waals surface area contributed by atoms with Crippen molar-refractivity contribution in [3.05, 3.63) is 15.9 Å². The maximum Gasteiger partial charge on any atom is 0.372 e. The van der Waals surface area contributed by atoms with Crippen molar-refractivity contribution in [2.45, 2.75) is 58.4 Å². The largest absolute Gasteiger partial charge is 0.476 e. The number of nitrogens with one attached hydrogen (secondary N) is 1. The number of hydrogen-bond acceptors (Lipinski definition) is 6. The van der Waals surface area contributed by atoms with E-state index in [-0.39, 0.29) is 29.3 Å². The Morgan fingerprint density at radius 3 is 2.55 bits per heavy atom. The molecule has 1 aliphatic rings. The molecule has 22 heavy (non-hydrogen) atoms. The lowest BCUT2D eigenvalue weighted by atomic mass is 9.86. The smallest absolute Gasteiger partial charge is 0.372 e. The average molecular weight is 308 g/mol. The summed E-state index contributed by atoms with van der Waals surface area (Å²) in [4.78, 5) is 19.5. The summed E-state index contributed by atoms with van der Waals surface area (Å²) in [6.45, 7) is 6.08. The molecule has 0 bridgehead atoms. The number of ether oxygens (including phenoxy) is 1. The molecule has 7 nitrogen and oxygen atoms in total. The van der Waals surface area contributed by atoms with Crippen molar-refractivity contribution in [3.63, 3.8) is 0 Å². The Bertz CT molecular complexity index is 548. The SMILES string of the molecule is COc1nc(C(C)C)nc(NC2CCCCC2C)c1[N+](=O)[O-]. The summed E-state index contributed by atoms with van der Waals surface area (Å²) in [5.41, 5.74) is -0.176. The van der Waals surface area contributed by atoms with Crippen molar-refractivity contribution in [3.8, 4) is 5.88 Å². The fourth-order valence-corrected chi connectivity index (χ4v) is 2.82. The number of methoxy groups -OCH3 is 1. The van der Waals surface area contributed by atoms with Crippen LogP contribution in [0.4, 0.5) is 11.5 Å². The first-order valence-corrected chi connectivity index (χ1v) is 7.80. The molecule has 0 aromatic carbocycles. The molecule has 0 spiro atoms. The first-order valence-electron chi connectivity index (χ1n) is 7.80. The van der Waals surface area contributed by atoms with Crippen molar-refractivity contribution in [2.24, 2.45) is 5.92 Å². The molecule has 1 fully saturated rings. The first kappa shape index (κ1) is 16.5. The second kappa shape index (κ2) is 6.89. The lowest BCUT2D eigenvalue weighted by Gasteiger charge is -2.29. The third kappa shape index (κ3) is 3.45. The van der Waals surface area contributed by atoms with Crippen LogP contribution in [0, 0.1) is 16.0 Å². The zero-order valence-corrected chi connectivity index (χ0v) is 13.6. The van der Waals surface area contributed by atoms with Crippen molar-refractivity contribution in [1.29, 1.82) is 0 Å². The molecule has 0 amide bonds. The van der Waals surface area contributed by atoms with Crippen LogP contribution in [0.15, 0.2) is 0 Å². The predicted molar refractivity (Wildman–Crippen MR) is 84.4 cm³/mol. The molecule has 2 unspecified atom stereocenters. The maximum absolute atomic E-state index is 11.4. The van der Waals surface area contributed by atoms with Gasteiger partial charge in [0.1, 0.15) is 5.82 Å². The predicted octanol–water partition coefficient (Wildman–Crippen LogP) is 3.51. The van der Waals surface area contributed by atoms with E-state index in [1.54, 1.807) is 0 Å². The van der Waals surface area contributed by atoms with Crippen LogP contribution in [0.25, 0.3) is 0 Å². The van der Waals surface area contributed by atoms with Crippen LogP contribution >= 0.6 is 0 Å². The molecular weight excluding hydrogens is 284 g/mol. The van der Waals surface area contributed by atoms with Crippen molar-refractivity contribution in [1.82, 2.24) is 9.97 Å². The Balaban J connectivity index is 2.42. The molecule has 2 atom stereocenters. The number of anilines is 1. The van der Waals surface area contributed by atoms with Gasteiger partial charge in [0.25, 0.3) is 5.88 Å². The summed E-state index contributed by atoms with van der Waals surface area (Å²) < 4.78 is 5.12. The highest BCUT2D eigenvalue weighted by Gasteiger charge is 2.30. The quantitative estimate of drug-likeness (QED) is 0.661. The van der Waals surface area contributed by atoms with Crippen LogP contribution in [-0.2, 0) is 0 Å². The Hall–Kier alpha value is -1.92. The second-order valence-corrected chi connectivity index (χ2v) is 6.21. The van der Waals surface area contributed by atoms with Gasteiger partial charge < -0.3 is 10.1 Å². The highest BCUT2D eigenvalue weighted by atomic mass is 16.6. The van der Waals surface area contributed by atoms with Gasteiger partial charge in [0.05, 0.1) is 12.0 Å². The first-order chi connectivity index (χ1) is 10.4. The standard InChI is InChI=1S/C15H24N4O3/c1-9(2)13-17-14(12(19(20)21)15(18-13)22-4)16-11-8-6-5-7-10(11)3/h9-11H,5-8H2,1-4H3,(H,16,17,18). The molecule has 1 aliphatic carbocycles. The van der Waals surface area contributed by atoms with Gasteiger partial charge in [0.2, 0.25) is 5.82 Å². The molecule has 0 radical (unpaired) electrons. The summed E-state index contributed by atoms with van der Waals surface area (Å²) in [6.07, 6.45) is 4.48. The minimum Gasteiger partial charge on any atom is -0.476 e. The molecule has 1 saturated carbocycles. The lowest BCUT2D eigenvalue weighted by Crippen LogP contribution is -2.31. The summed E-state index contributed by atoms with van der Waals surface area (Å²) in [7, 11) is 1.40.